The third kappa shape index (κ3) is 5.00. The SMILES string of the molecule is O=C1N=C(N2CCC(Cc3ccccc3)CC2)S/C1=C\c1cn(-c2ccccc2)nc1-c1cc2ccccc2o1. The van der Waals surface area contributed by atoms with E-state index in [0.717, 1.165) is 59.7 Å². The van der Waals surface area contributed by atoms with E-state index in [0.29, 0.717) is 22.3 Å². The summed E-state index contributed by atoms with van der Waals surface area (Å²) in [4.78, 5) is 20.4. The van der Waals surface area contributed by atoms with Crippen LogP contribution in [0.3, 0.4) is 0 Å². The van der Waals surface area contributed by atoms with Gasteiger partial charge >= 0.3 is 0 Å². The molecule has 0 saturated carbocycles. The highest BCUT2D eigenvalue weighted by Crippen LogP contribution is 2.36. The topological polar surface area (TPSA) is 63.6 Å². The summed E-state index contributed by atoms with van der Waals surface area (Å²) < 4.78 is 8.00. The highest BCUT2D eigenvalue weighted by molar-refractivity contribution is 8.18. The number of amides is 1. The lowest BCUT2D eigenvalue weighted by atomic mass is 9.90. The molecule has 198 valence electrons. The minimum Gasteiger partial charge on any atom is -0.454 e. The summed E-state index contributed by atoms with van der Waals surface area (Å²) in [5, 5.41) is 6.69. The molecule has 4 heterocycles. The molecule has 5 aromatic rings. The molecule has 40 heavy (non-hydrogen) atoms. The van der Waals surface area contributed by atoms with E-state index in [2.05, 4.69) is 40.2 Å². The molecule has 1 saturated heterocycles. The number of furan rings is 1. The van der Waals surface area contributed by atoms with Crippen molar-refractivity contribution in [3.63, 3.8) is 0 Å². The molecule has 2 aliphatic heterocycles. The number of benzene rings is 3. The van der Waals surface area contributed by atoms with E-state index in [-0.39, 0.29) is 5.91 Å². The molecule has 0 radical (unpaired) electrons. The summed E-state index contributed by atoms with van der Waals surface area (Å²) in [6.07, 6.45) is 7.16. The summed E-state index contributed by atoms with van der Waals surface area (Å²) >= 11 is 1.46. The lowest BCUT2D eigenvalue weighted by Crippen LogP contribution is -2.37. The van der Waals surface area contributed by atoms with Crippen LogP contribution in [0.5, 0.6) is 0 Å². The van der Waals surface area contributed by atoms with E-state index in [1.54, 1.807) is 0 Å². The lowest BCUT2D eigenvalue weighted by Gasteiger charge is -2.32. The van der Waals surface area contributed by atoms with Crippen LogP contribution in [-0.4, -0.2) is 38.8 Å². The van der Waals surface area contributed by atoms with Gasteiger partial charge in [-0.25, -0.2) is 4.68 Å². The minimum atomic E-state index is -0.200. The summed E-state index contributed by atoms with van der Waals surface area (Å²) in [7, 11) is 0. The molecule has 7 heteroatoms. The summed E-state index contributed by atoms with van der Waals surface area (Å²) in [5.41, 5.74) is 4.64. The van der Waals surface area contributed by atoms with Crippen LogP contribution in [0.15, 0.2) is 112 Å². The Morgan fingerprint density at radius 3 is 2.42 bits per heavy atom. The Kier molecular flexibility index (Phi) is 6.57. The van der Waals surface area contributed by atoms with Crippen LogP contribution in [0, 0.1) is 5.92 Å². The summed E-state index contributed by atoms with van der Waals surface area (Å²) in [6, 6.07) is 30.6. The molecule has 0 N–H and O–H groups in total. The van der Waals surface area contributed by atoms with Crippen molar-refractivity contribution < 1.29 is 9.21 Å². The molecule has 1 amide bonds. The first kappa shape index (κ1) is 24.7. The third-order valence-electron chi connectivity index (χ3n) is 7.57. The number of thioether (sulfide) groups is 1. The number of para-hydroxylation sites is 2. The van der Waals surface area contributed by atoms with Crippen LogP contribution >= 0.6 is 11.8 Å². The Balaban J connectivity index is 1.13. The van der Waals surface area contributed by atoms with Gasteiger partial charge in [0, 0.05) is 30.2 Å². The van der Waals surface area contributed by atoms with Gasteiger partial charge in [0.15, 0.2) is 10.9 Å². The Hall–Kier alpha value is -4.36. The van der Waals surface area contributed by atoms with Crippen LogP contribution in [0.25, 0.3) is 34.2 Å². The van der Waals surface area contributed by atoms with Gasteiger partial charge in [-0.05, 0) is 72.8 Å². The Morgan fingerprint density at radius 1 is 0.925 bits per heavy atom. The number of aliphatic imine (C=N–C) groups is 1. The van der Waals surface area contributed by atoms with E-state index in [4.69, 9.17) is 9.52 Å². The van der Waals surface area contributed by atoms with Gasteiger partial charge < -0.3 is 9.32 Å². The predicted octanol–water partition coefficient (Wildman–Crippen LogP) is 7.21. The maximum Gasteiger partial charge on any atom is 0.286 e. The Bertz CT molecular complexity index is 1700. The first-order valence-corrected chi connectivity index (χ1v) is 14.5. The molecule has 0 aliphatic carbocycles. The van der Waals surface area contributed by atoms with Crippen molar-refractivity contribution in [1.82, 2.24) is 14.7 Å². The molecule has 0 spiro atoms. The maximum atomic E-state index is 13.0. The number of carbonyl (C=O) groups is 1. The third-order valence-corrected chi connectivity index (χ3v) is 8.61. The van der Waals surface area contributed by atoms with Gasteiger partial charge in [0.05, 0.1) is 10.6 Å². The standard InChI is InChI=1S/C33H28N4O2S/c38-32-30(40-33(34-32)36-17-15-24(16-18-36)19-23-9-3-1-4-10-23)21-26-22-37(27-12-5-2-6-13-27)35-31(26)29-20-25-11-7-8-14-28(25)39-29/h1-14,20-22,24H,15-19H2/b30-21-. The number of carbonyl (C=O) groups excluding carboxylic acids is 1. The number of hydrogen-bond donors (Lipinski definition) is 0. The fraction of sp³-hybridized carbons (Fsp3) is 0.182. The van der Waals surface area contributed by atoms with E-state index < -0.39 is 0 Å². The molecule has 2 aliphatic rings. The van der Waals surface area contributed by atoms with Crippen molar-refractivity contribution in [3.8, 4) is 17.1 Å². The van der Waals surface area contributed by atoms with Gasteiger partial charge in [-0.2, -0.15) is 10.1 Å². The van der Waals surface area contributed by atoms with E-state index in [1.807, 2.05) is 77.6 Å². The van der Waals surface area contributed by atoms with Crippen LogP contribution in [0.4, 0.5) is 0 Å². The zero-order valence-electron chi connectivity index (χ0n) is 21.9. The molecule has 1 fully saturated rings. The van der Waals surface area contributed by atoms with E-state index in [9.17, 15) is 4.79 Å². The molecule has 2 aromatic heterocycles. The van der Waals surface area contributed by atoms with Crippen LogP contribution in [-0.2, 0) is 11.2 Å². The molecule has 6 nitrogen and oxygen atoms in total. The van der Waals surface area contributed by atoms with Crippen LogP contribution in [0.2, 0.25) is 0 Å². The van der Waals surface area contributed by atoms with Gasteiger partial charge in [0.1, 0.15) is 11.3 Å². The zero-order chi connectivity index (χ0) is 26.9. The number of fused-ring (bicyclic) bond motifs is 1. The average molecular weight is 545 g/mol. The Labute approximate surface area is 237 Å². The first-order valence-electron chi connectivity index (χ1n) is 13.6. The van der Waals surface area contributed by atoms with Crippen molar-refractivity contribution in [2.24, 2.45) is 10.9 Å². The smallest absolute Gasteiger partial charge is 0.286 e. The summed E-state index contributed by atoms with van der Waals surface area (Å²) in [6.45, 7) is 1.83. The van der Waals surface area contributed by atoms with Gasteiger partial charge in [-0.1, -0.05) is 66.7 Å². The average Bonchev–Trinajstić information content (AvgIpc) is 3.71. The normalized spacial score (nSPS) is 17.2. The number of piperidine rings is 1. The quantitative estimate of drug-likeness (QED) is 0.219. The van der Waals surface area contributed by atoms with Crippen molar-refractivity contribution in [2.75, 3.05) is 13.1 Å². The van der Waals surface area contributed by atoms with Crippen molar-refractivity contribution in [1.29, 1.82) is 0 Å². The number of aromatic nitrogens is 2. The Morgan fingerprint density at radius 2 is 1.65 bits per heavy atom. The molecule has 0 atom stereocenters. The molecule has 3 aromatic carbocycles. The predicted molar refractivity (Wildman–Crippen MR) is 161 cm³/mol. The maximum absolute atomic E-state index is 13.0. The lowest BCUT2D eigenvalue weighted by molar-refractivity contribution is -0.113. The molecular weight excluding hydrogens is 516 g/mol. The summed E-state index contributed by atoms with van der Waals surface area (Å²) in [5.74, 6) is 1.13. The van der Waals surface area contributed by atoms with Crippen molar-refractivity contribution >= 4 is 39.9 Å². The largest absolute Gasteiger partial charge is 0.454 e. The second-order valence-corrected chi connectivity index (χ2v) is 11.3. The number of likely N-dealkylation sites (tertiary alicyclic amines) is 1. The highest BCUT2D eigenvalue weighted by Gasteiger charge is 2.30. The molecule has 0 bridgehead atoms. The van der Waals surface area contributed by atoms with Crippen molar-refractivity contribution in [2.45, 2.75) is 19.3 Å². The highest BCUT2D eigenvalue weighted by atomic mass is 32.2. The van der Waals surface area contributed by atoms with Gasteiger partial charge in [0.2, 0.25) is 0 Å². The molecule has 7 rings (SSSR count). The monoisotopic (exact) mass is 544 g/mol. The second-order valence-electron chi connectivity index (χ2n) is 10.3. The number of rotatable bonds is 5. The van der Waals surface area contributed by atoms with Crippen LogP contribution in [0.1, 0.15) is 24.0 Å². The van der Waals surface area contributed by atoms with E-state index in [1.165, 1.54) is 17.3 Å². The van der Waals surface area contributed by atoms with Crippen molar-refractivity contribution in [3.05, 3.63) is 113 Å². The van der Waals surface area contributed by atoms with E-state index >= 15 is 0 Å². The van der Waals surface area contributed by atoms with Crippen LogP contribution < -0.4 is 0 Å². The first-order chi connectivity index (χ1) is 19.7. The molecular formula is C33H28N4O2S. The number of hydrogen-bond acceptors (Lipinski definition) is 5. The van der Waals surface area contributed by atoms with Gasteiger partial charge in [0.25, 0.3) is 5.91 Å². The zero-order valence-corrected chi connectivity index (χ0v) is 22.8. The molecule has 0 unspecified atom stereocenters. The second kappa shape index (κ2) is 10.7. The fourth-order valence-electron chi connectivity index (χ4n) is 5.45. The van der Waals surface area contributed by atoms with Gasteiger partial charge in [-0.3, -0.25) is 4.79 Å². The van der Waals surface area contributed by atoms with Gasteiger partial charge in [-0.15, -0.1) is 0 Å². The number of nitrogens with zero attached hydrogens (tertiary/aromatic N) is 4. The minimum absolute atomic E-state index is 0.200. The fourth-order valence-corrected chi connectivity index (χ4v) is 6.40. The number of amidine groups is 1.